The Balaban J connectivity index is 1.47. The van der Waals surface area contributed by atoms with Crippen LogP contribution in [0.15, 0.2) is 48.5 Å². The maximum absolute atomic E-state index is 13.0. The average Bonchev–Trinajstić information content (AvgIpc) is 3.18. The lowest BCUT2D eigenvalue weighted by atomic mass is 10.0. The Hall–Kier alpha value is -4.96. The van der Waals surface area contributed by atoms with Crippen molar-refractivity contribution in [1.29, 1.82) is 10.5 Å². The molecule has 10 heteroatoms. The van der Waals surface area contributed by atoms with Gasteiger partial charge in [0.15, 0.2) is 0 Å². The maximum Gasteiger partial charge on any atom is 0.314 e. The molecule has 0 aliphatic carbocycles. The highest BCUT2D eigenvalue weighted by Gasteiger charge is 2.32. The summed E-state index contributed by atoms with van der Waals surface area (Å²) in [5.74, 6) is -1.84. The molecule has 3 aromatic rings. The number of anilines is 2. The number of hydrogen-bond donors (Lipinski definition) is 2. The molecule has 0 radical (unpaired) electrons. The molecule has 4 rings (SSSR count). The molecule has 1 unspecified atom stereocenters. The molecule has 2 N–H and O–H groups in total. The van der Waals surface area contributed by atoms with Crippen molar-refractivity contribution in [3.05, 3.63) is 70.9 Å². The molecule has 1 fully saturated rings. The van der Waals surface area contributed by atoms with Gasteiger partial charge in [0.25, 0.3) is 0 Å². The Labute approximate surface area is 207 Å². The Morgan fingerprint density at radius 3 is 2.11 bits per heavy atom. The van der Waals surface area contributed by atoms with E-state index in [-0.39, 0.29) is 5.91 Å². The number of benzene rings is 2. The first-order valence-electron chi connectivity index (χ1n) is 11.3. The van der Waals surface area contributed by atoms with Crippen LogP contribution in [-0.2, 0) is 14.4 Å². The molecule has 1 aromatic heterocycles. The number of aromatic nitrogens is 2. The highest BCUT2D eigenvalue weighted by molar-refractivity contribution is 6.40. The molecule has 3 amide bonds. The van der Waals surface area contributed by atoms with Crippen molar-refractivity contribution in [1.82, 2.24) is 15.1 Å². The number of hydrogen-bond acceptors (Lipinski definition) is 6. The summed E-state index contributed by atoms with van der Waals surface area (Å²) in [6.07, 6.45) is 1.05. The van der Waals surface area contributed by atoms with Gasteiger partial charge in [-0.25, -0.2) is 4.68 Å². The number of nitrogens with one attached hydrogen (secondary N) is 2. The molecule has 1 aliphatic rings. The van der Waals surface area contributed by atoms with Crippen molar-refractivity contribution in [2.75, 3.05) is 16.8 Å². The fourth-order valence-electron chi connectivity index (χ4n) is 3.99. The molecule has 0 spiro atoms. The summed E-state index contributed by atoms with van der Waals surface area (Å²) in [5.41, 5.74) is 3.55. The van der Waals surface area contributed by atoms with E-state index < -0.39 is 17.9 Å². The lowest BCUT2D eigenvalue weighted by Gasteiger charge is -2.32. The molecular formula is C26H23N7O3. The van der Waals surface area contributed by atoms with E-state index in [2.05, 4.69) is 15.7 Å². The third-order valence-electron chi connectivity index (χ3n) is 6.09. The van der Waals surface area contributed by atoms with E-state index in [1.54, 1.807) is 67.3 Å². The van der Waals surface area contributed by atoms with E-state index in [4.69, 9.17) is 10.5 Å². The number of carbonyl (C=O) groups excluding carboxylic acids is 3. The van der Waals surface area contributed by atoms with Crippen molar-refractivity contribution in [2.24, 2.45) is 0 Å². The van der Waals surface area contributed by atoms with Crippen LogP contribution in [0.5, 0.6) is 0 Å². The molecule has 1 aliphatic heterocycles. The minimum atomic E-state index is -0.931. The molecule has 2 heterocycles. The van der Waals surface area contributed by atoms with E-state index in [1.165, 1.54) is 4.68 Å². The van der Waals surface area contributed by atoms with Gasteiger partial charge >= 0.3 is 11.8 Å². The summed E-state index contributed by atoms with van der Waals surface area (Å²) in [6, 6.07) is 16.5. The SMILES string of the molecule is Cc1nn(-c2ccc(C#N)cc2)c(NC(=O)C(=O)NC2CCCN(c3ccc(C#N)cc3)C2=O)c1C. The van der Waals surface area contributed by atoms with Crippen molar-refractivity contribution in [3.8, 4) is 17.8 Å². The van der Waals surface area contributed by atoms with Crippen LogP contribution in [0.25, 0.3) is 5.69 Å². The minimum absolute atomic E-state index is 0.318. The molecule has 1 atom stereocenters. The molecule has 2 aromatic carbocycles. The second-order valence-electron chi connectivity index (χ2n) is 8.40. The zero-order valence-corrected chi connectivity index (χ0v) is 19.8. The first-order chi connectivity index (χ1) is 17.3. The van der Waals surface area contributed by atoms with Crippen LogP contribution in [0.3, 0.4) is 0 Å². The quantitative estimate of drug-likeness (QED) is 0.548. The lowest BCUT2D eigenvalue weighted by Crippen LogP contribution is -2.54. The number of nitriles is 2. The van der Waals surface area contributed by atoms with Crippen LogP contribution in [0.2, 0.25) is 0 Å². The first kappa shape index (κ1) is 24.2. The number of nitrogens with zero attached hydrogens (tertiary/aromatic N) is 5. The summed E-state index contributed by atoms with van der Waals surface area (Å²) in [5, 5.41) is 27.6. The first-order valence-corrected chi connectivity index (χ1v) is 11.3. The normalized spacial score (nSPS) is 15.1. The maximum atomic E-state index is 13.0. The van der Waals surface area contributed by atoms with Crippen molar-refractivity contribution in [3.63, 3.8) is 0 Å². The number of piperidine rings is 1. The van der Waals surface area contributed by atoms with Crippen molar-refractivity contribution >= 4 is 29.2 Å². The molecule has 0 bridgehead atoms. The third kappa shape index (κ3) is 4.79. The predicted octanol–water partition coefficient (Wildman–Crippen LogP) is 2.48. The van der Waals surface area contributed by atoms with E-state index >= 15 is 0 Å². The summed E-state index contributed by atoms with van der Waals surface area (Å²) >= 11 is 0. The zero-order valence-electron chi connectivity index (χ0n) is 19.8. The van der Waals surface area contributed by atoms with Crippen LogP contribution < -0.4 is 15.5 Å². The topological polar surface area (TPSA) is 144 Å². The highest BCUT2D eigenvalue weighted by Crippen LogP contribution is 2.24. The predicted molar refractivity (Wildman–Crippen MR) is 131 cm³/mol. The molecule has 36 heavy (non-hydrogen) atoms. The molecule has 0 saturated carbocycles. The molecule has 180 valence electrons. The van der Waals surface area contributed by atoms with Crippen LogP contribution >= 0.6 is 0 Å². The van der Waals surface area contributed by atoms with Crippen molar-refractivity contribution < 1.29 is 14.4 Å². The standard InChI is InChI=1S/C26H23N7O3/c1-16-17(2)31-33(21-11-7-19(15-28)8-12-21)23(16)30-25(35)24(34)29-22-4-3-13-32(26(22)36)20-9-5-18(14-27)6-10-20/h5-12,22H,3-4,13H2,1-2H3,(H,29,34)(H,30,35). The van der Waals surface area contributed by atoms with E-state index in [0.717, 1.165) is 0 Å². The highest BCUT2D eigenvalue weighted by atomic mass is 16.2. The summed E-state index contributed by atoms with van der Waals surface area (Å²) in [4.78, 5) is 40.1. The number of amides is 3. The minimum Gasteiger partial charge on any atom is -0.336 e. The molecular weight excluding hydrogens is 458 g/mol. The largest absolute Gasteiger partial charge is 0.336 e. The van der Waals surface area contributed by atoms with E-state index in [0.29, 0.717) is 59.0 Å². The van der Waals surface area contributed by atoms with Gasteiger partial charge in [0.1, 0.15) is 11.9 Å². The van der Waals surface area contributed by atoms with Gasteiger partial charge in [-0.1, -0.05) is 0 Å². The Bertz CT molecular complexity index is 1410. The van der Waals surface area contributed by atoms with Gasteiger partial charge in [0.2, 0.25) is 5.91 Å². The number of aryl methyl sites for hydroxylation is 1. The third-order valence-corrected chi connectivity index (χ3v) is 6.09. The fraction of sp³-hybridized carbons (Fsp3) is 0.231. The van der Waals surface area contributed by atoms with Crippen LogP contribution in [0, 0.1) is 36.5 Å². The second kappa shape index (κ2) is 10.1. The van der Waals surface area contributed by atoms with Gasteiger partial charge in [0.05, 0.1) is 34.6 Å². The van der Waals surface area contributed by atoms with Crippen LogP contribution in [0.4, 0.5) is 11.5 Å². The Morgan fingerprint density at radius 2 is 1.53 bits per heavy atom. The summed E-state index contributed by atoms with van der Waals surface area (Å²) in [6.45, 7) is 4.03. The van der Waals surface area contributed by atoms with E-state index in [1.807, 2.05) is 12.1 Å². The smallest absolute Gasteiger partial charge is 0.314 e. The summed E-state index contributed by atoms with van der Waals surface area (Å²) in [7, 11) is 0. The van der Waals surface area contributed by atoms with Gasteiger partial charge in [-0.05, 0) is 75.2 Å². The lowest BCUT2D eigenvalue weighted by molar-refractivity contribution is -0.138. The Kier molecular flexibility index (Phi) is 6.79. The van der Waals surface area contributed by atoms with Gasteiger partial charge in [0, 0.05) is 17.8 Å². The van der Waals surface area contributed by atoms with Crippen LogP contribution in [-0.4, -0.2) is 40.1 Å². The van der Waals surface area contributed by atoms with Gasteiger partial charge in [-0.15, -0.1) is 0 Å². The fourth-order valence-corrected chi connectivity index (χ4v) is 3.99. The van der Waals surface area contributed by atoms with Crippen molar-refractivity contribution in [2.45, 2.75) is 32.7 Å². The van der Waals surface area contributed by atoms with E-state index in [9.17, 15) is 14.4 Å². The van der Waals surface area contributed by atoms with Crippen LogP contribution in [0.1, 0.15) is 35.2 Å². The Morgan fingerprint density at radius 1 is 0.944 bits per heavy atom. The van der Waals surface area contributed by atoms with Gasteiger partial charge < -0.3 is 15.5 Å². The van der Waals surface area contributed by atoms with Gasteiger partial charge in [-0.3, -0.25) is 14.4 Å². The molecule has 10 nitrogen and oxygen atoms in total. The average molecular weight is 482 g/mol. The summed E-state index contributed by atoms with van der Waals surface area (Å²) < 4.78 is 1.50. The van der Waals surface area contributed by atoms with Gasteiger partial charge in [-0.2, -0.15) is 15.6 Å². The molecule has 1 saturated heterocycles. The monoisotopic (exact) mass is 481 g/mol. The zero-order chi connectivity index (χ0) is 25.8. The number of rotatable bonds is 4. The number of carbonyl (C=O) groups is 3. The second-order valence-corrected chi connectivity index (χ2v) is 8.40.